The fourth-order valence-electron chi connectivity index (χ4n) is 1.30. The lowest BCUT2D eigenvalue weighted by molar-refractivity contribution is 0.620. The van der Waals surface area contributed by atoms with Crippen molar-refractivity contribution in [3.63, 3.8) is 0 Å². The van der Waals surface area contributed by atoms with E-state index in [0.717, 1.165) is 24.5 Å². The van der Waals surface area contributed by atoms with Gasteiger partial charge < -0.3 is 10.6 Å². The lowest BCUT2D eigenvalue weighted by Crippen LogP contribution is -2.35. The summed E-state index contributed by atoms with van der Waals surface area (Å²) in [4.78, 5) is 3.99. The zero-order chi connectivity index (χ0) is 12.0. The van der Waals surface area contributed by atoms with Crippen molar-refractivity contribution in [3.05, 3.63) is 34.1 Å². The highest BCUT2D eigenvalue weighted by Gasteiger charge is 2.00. The van der Waals surface area contributed by atoms with Crippen LogP contribution in [0.15, 0.2) is 27.7 Å². The van der Waals surface area contributed by atoms with Crippen molar-refractivity contribution in [1.29, 1.82) is 0 Å². The molecule has 0 aliphatic heterocycles. The molecule has 0 spiro atoms. The van der Waals surface area contributed by atoms with Gasteiger partial charge in [-0.25, -0.2) is 4.39 Å². The summed E-state index contributed by atoms with van der Waals surface area (Å²) in [5.74, 6) is 0.518. The van der Waals surface area contributed by atoms with Gasteiger partial charge in [-0.05, 0) is 40.0 Å². The van der Waals surface area contributed by atoms with E-state index in [1.807, 2.05) is 7.05 Å². The Bertz CT molecular complexity index is 379. The summed E-state index contributed by atoms with van der Waals surface area (Å²) in [5.41, 5.74) is 1.08. The number of nitrogens with zero attached hydrogens (tertiary/aromatic N) is 1. The summed E-state index contributed by atoms with van der Waals surface area (Å²) in [6.07, 6.45) is 0.819. The lowest BCUT2D eigenvalue weighted by atomic mass is 10.1. The van der Waals surface area contributed by atoms with Crippen LogP contribution in [0.25, 0.3) is 0 Å². The van der Waals surface area contributed by atoms with E-state index in [-0.39, 0.29) is 5.82 Å². The Hall–Kier alpha value is -1.10. The number of halogens is 2. The molecule has 0 heterocycles. The highest BCUT2D eigenvalue weighted by Crippen LogP contribution is 2.16. The van der Waals surface area contributed by atoms with E-state index >= 15 is 0 Å². The quantitative estimate of drug-likeness (QED) is 0.658. The van der Waals surface area contributed by atoms with E-state index in [0.29, 0.717) is 4.47 Å². The van der Waals surface area contributed by atoms with Crippen molar-refractivity contribution in [2.24, 2.45) is 4.99 Å². The fraction of sp³-hybridized carbons (Fsp3) is 0.364. The molecule has 0 saturated heterocycles. The van der Waals surface area contributed by atoms with Crippen LogP contribution in [0.4, 0.5) is 4.39 Å². The van der Waals surface area contributed by atoms with Crippen molar-refractivity contribution >= 4 is 21.9 Å². The molecule has 5 heteroatoms. The van der Waals surface area contributed by atoms with Gasteiger partial charge in [0.1, 0.15) is 5.82 Å². The highest BCUT2D eigenvalue weighted by molar-refractivity contribution is 9.10. The van der Waals surface area contributed by atoms with Crippen LogP contribution in [0.3, 0.4) is 0 Å². The van der Waals surface area contributed by atoms with Crippen molar-refractivity contribution < 1.29 is 4.39 Å². The van der Waals surface area contributed by atoms with E-state index in [1.54, 1.807) is 19.2 Å². The predicted molar refractivity (Wildman–Crippen MR) is 68.2 cm³/mol. The minimum atomic E-state index is -0.234. The van der Waals surface area contributed by atoms with Crippen molar-refractivity contribution in [2.45, 2.75) is 6.42 Å². The smallest absolute Gasteiger partial charge is 0.190 e. The van der Waals surface area contributed by atoms with E-state index in [4.69, 9.17) is 0 Å². The molecule has 0 aromatic heterocycles. The first-order valence-electron chi connectivity index (χ1n) is 4.99. The third-order valence-corrected chi connectivity index (χ3v) is 2.76. The number of hydrogen-bond acceptors (Lipinski definition) is 1. The van der Waals surface area contributed by atoms with E-state index in [9.17, 15) is 4.39 Å². The van der Waals surface area contributed by atoms with Crippen LogP contribution in [0, 0.1) is 5.82 Å². The molecule has 3 nitrogen and oxygen atoms in total. The van der Waals surface area contributed by atoms with Gasteiger partial charge in [0.05, 0.1) is 4.47 Å². The second kappa shape index (κ2) is 6.48. The molecular weight excluding hydrogens is 273 g/mol. The predicted octanol–water partition coefficient (Wildman–Crippen LogP) is 1.93. The van der Waals surface area contributed by atoms with Crippen LogP contribution in [-0.4, -0.2) is 26.6 Å². The molecule has 2 N–H and O–H groups in total. The largest absolute Gasteiger partial charge is 0.359 e. The number of nitrogens with one attached hydrogen (secondary N) is 2. The van der Waals surface area contributed by atoms with E-state index in [1.165, 1.54) is 6.07 Å². The molecule has 0 atom stereocenters. The van der Waals surface area contributed by atoms with Gasteiger partial charge in [0.25, 0.3) is 0 Å². The summed E-state index contributed by atoms with van der Waals surface area (Å²) in [6.45, 7) is 0.756. The lowest BCUT2D eigenvalue weighted by Gasteiger charge is -2.08. The zero-order valence-electron chi connectivity index (χ0n) is 9.35. The van der Waals surface area contributed by atoms with Gasteiger partial charge in [-0.15, -0.1) is 0 Å². The average Bonchev–Trinajstić information content (AvgIpc) is 2.29. The van der Waals surface area contributed by atoms with E-state index in [2.05, 4.69) is 31.6 Å². The molecule has 0 aliphatic carbocycles. The number of hydrogen-bond donors (Lipinski definition) is 2. The normalized spacial score (nSPS) is 11.4. The molecular formula is C11H15BrFN3. The molecule has 0 bridgehead atoms. The second-order valence-corrected chi connectivity index (χ2v) is 4.10. The molecule has 0 unspecified atom stereocenters. The summed E-state index contributed by atoms with van der Waals surface area (Å²) >= 11 is 3.16. The summed E-state index contributed by atoms with van der Waals surface area (Å²) in [7, 11) is 3.52. The Morgan fingerprint density at radius 3 is 2.81 bits per heavy atom. The van der Waals surface area contributed by atoms with Crippen LogP contribution < -0.4 is 10.6 Å². The van der Waals surface area contributed by atoms with Crippen molar-refractivity contribution in [1.82, 2.24) is 10.6 Å². The van der Waals surface area contributed by atoms with Crippen molar-refractivity contribution in [2.75, 3.05) is 20.6 Å². The fourth-order valence-corrected chi connectivity index (χ4v) is 1.73. The first-order valence-corrected chi connectivity index (χ1v) is 5.79. The molecule has 0 aliphatic rings. The Morgan fingerprint density at radius 1 is 1.50 bits per heavy atom. The molecule has 16 heavy (non-hydrogen) atoms. The van der Waals surface area contributed by atoms with Crippen LogP contribution in [0.2, 0.25) is 0 Å². The van der Waals surface area contributed by atoms with Gasteiger partial charge in [-0.2, -0.15) is 0 Å². The third kappa shape index (κ3) is 3.81. The van der Waals surface area contributed by atoms with Crippen LogP contribution >= 0.6 is 15.9 Å². The maximum atomic E-state index is 13.0. The Balaban J connectivity index is 2.46. The Labute approximate surface area is 103 Å². The maximum Gasteiger partial charge on any atom is 0.190 e. The summed E-state index contributed by atoms with van der Waals surface area (Å²) in [5, 5.41) is 6.06. The van der Waals surface area contributed by atoms with Gasteiger partial charge in [0.15, 0.2) is 5.96 Å². The first kappa shape index (κ1) is 13.0. The highest BCUT2D eigenvalue weighted by atomic mass is 79.9. The van der Waals surface area contributed by atoms with Crippen LogP contribution in [0.5, 0.6) is 0 Å². The minimum absolute atomic E-state index is 0.234. The molecule has 1 aromatic carbocycles. The zero-order valence-corrected chi connectivity index (χ0v) is 10.9. The van der Waals surface area contributed by atoms with E-state index < -0.39 is 0 Å². The SMILES string of the molecule is CN=C(NC)NCCc1ccc(F)c(Br)c1. The maximum absolute atomic E-state index is 13.0. The number of benzene rings is 1. The molecule has 88 valence electrons. The average molecular weight is 288 g/mol. The van der Waals surface area contributed by atoms with Gasteiger partial charge in [0.2, 0.25) is 0 Å². The number of aliphatic imine (C=N–C) groups is 1. The van der Waals surface area contributed by atoms with Crippen LogP contribution in [-0.2, 0) is 6.42 Å². The summed E-state index contributed by atoms with van der Waals surface area (Å²) < 4.78 is 13.5. The molecule has 0 saturated carbocycles. The third-order valence-electron chi connectivity index (χ3n) is 2.15. The van der Waals surface area contributed by atoms with Crippen LogP contribution in [0.1, 0.15) is 5.56 Å². The van der Waals surface area contributed by atoms with Gasteiger partial charge in [-0.1, -0.05) is 6.07 Å². The second-order valence-electron chi connectivity index (χ2n) is 3.25. The van der Waals surface area contributed by atoms with Gasteiger partial charge in [0, 0.05) is 20.6 Å². The standard InChI is InChI=1S/C11H15BrFN3/c1-14-11(15-2)16-6-5-8-3-4-10(13)9(12)7-8/h3-4,7H,5-6H2,1-2H3,(H2,14,15,16). The van der Waals surface area contributed by atoms with Crippen molar-refractivity contribution in [3.8, 4) is 0 Å². The molecule has 0 fully saturated rings. The molecule has 0 amide bonds. The van der Waals surface area contributed by atoms with Gasteiger partial charge in [-0.3, -0.25) is 4.99 Å². The molecule has 0 radical (unpaired) electrons. The minimum Gasteiger partial charge on any atom is -0.359 e. The monoisotopic (exact) mass is 287 g/mol. The first-order chi connectivity index (χ1) is 7.67. The van der Waals surface area contributed by atoms with Gasteiger partial charge >= 0.3 is 0 Å². The Morgan fingerprint density at radius 2 is 2.25 bits per heavy atom. The number of rotatable bonds is 3. The molecule has 1 aromatic rings. The molecule has 1 rings (SSSR count). The topological polar surface area (TPSA) is 36.4 Å². The Kier molecular flexibility index (Phi) is 5.25. The number of guanidine groups is 1. The summed E-state index contributed by atoms with van der Waals surface area (Å²) in [6, 6.07) is 5.04.